The molecule has 14 heavy (non-hydrogen) atoms. The number of hydrogen-bond acceptors (Lipinski definition) is 4. The molecule has 4 heteroatoms. The number of pyridine rings is 1. The monoisotopic (exact) mass is 193 g/mol. The predicted octanol–water partition coefficient (Wildman–Crippen LogP) is 0.625. The molecule has 4 nitrogen and oxygen atoms in total. The van der Waals surface area contributed by atoms with Crippen molar-refractivity contribution in [1.82, 2.24) is 4.98 Å². The van der Waals surface area contributed by atoms with Crippen LogP contribution in [0, 0.1) is 0 Å². The van der Waals surface area contributed by atoms with Crippen LogP contribution in [0.4, 0.5) is 11.5 Å². The molecule has 1 saturated heterocycles. The molecule has 0 aromatic carbocycles. The molecule has 1 aromatic heterocycles. The Balaban J connectivity index is 2.14. The van der Waals surface area contributed by atoms with Gasteiger partial charge in [-0.2, -0.15) is 0 Å². The first kappa shape index (κ1) is 9.27. The SMILES string of the molecule is CC1(O)CCN(c2ccc(N)cn2)C1. The quantitative estimate of drug-likeness (QED) is 0.686. The molecule has 1 fully saturated rings. The highest BCUT2D eigenvalue weighted by atomic mass is 16.3. The van der Waals surface area contributed by atoms with Crippen LogP contribution in [0.25, 0.3) is 0 Å². The Bertz CT molecular complexity index is 321. The van der Waals surface area contributed by atoms with E-state index in [1.165, 1.54) is 0 Å². The highest BCUT2D eigenvalue weighted by Gasteiger charge is 2.31. The molecular formula is C10H15N3O. The van der Waals surface area contributed by atoms with Crippen molar-refractivity contribution in [2.45, 2.75) is 18.9 Å². The first-order chi connectivity index (χ1) is 6.57. The van der Waals surface area contributed by atoms with Crippen LogP contribution < -0.4 is 10.6 Å². The van der Waals surface area contributed by atoms with Crippen LogP contribution in [0.3, 0.4) is 0 Å². The highest BCUT2D eigenvalue weighted by molar-refractivity contribution is 5.46. The van der Waals surface area contributed by atoms with Crippen LogP contribution in [-0.2, 0) is 0 Å². The molecular weight excluding hydrogens is 178 g/mol. The summed E-state index contributed by atoms with van der Waals surface area (Å²) in [6.07, 6.45) is 2.43. The van der Waals surface area contributed by atoms with E-state index in [0.717, 1.165) is 18.8 Å². The van der Waals surface area contributed by atoms with Crippen LogP contribution in [0.2, 0.25) is 0 Å². The van der Waals surface area contributed by atoms with Gasteiger partial charge in [0.2, 0.25) is 0 Å². The second kappa shape index (κ2) is 3.13. The summed E-state index contributed by atoms with van der Waals surface area (Å²) in [5.74, 6) is 0.886. The molecule has 0 radical (unpaired) electrons. The second-order valence-electron chi connectivity index (χ2n) is 4.12. The predicted molar refractivity (Wildman–Crippen MR) is 56.1 cm³/mol. The van der Waals surface area contributed by atoms with Gasteiger partial charge in [-0.15, -0.1) is 0 Å². The van der Waals surface area contributed by atoms with Gasteiger partial charge in [0, 0.05) is 13.1 Å². The molecule has 0 spiro atoms. The molecule has 1 unspecified atom stereocenters. The molecule has 0 saturated carbocycles. The van der Waals surface area contributed by atoms with Crippen molar-refractivity contribution in [3.8, 4) is 0 Å². The summed E-state index contributed by atoms with van der Waals surface area (Å²) in [6, 6.07) is 3.71. The smallest absolute Gasteiger partial charge is 0.128 e. The average Bonchev–Trinajstić information content (AvgIpc) is 2.47. The summed E-state index contributed by atoms with van der Waals surface area (Å²) in [6.45, 7) is 3.35. The number of aromatic nitrogens is 1. The summed E-state index contributed by atoms with van der Waals surface area (Å²) < 4.78 is 0. The number of hydrogen-bond donors (Lipinski definition) is 2. The van der Waals surface area contributed by atoms with E-state index in [2.05, 4.69) is 9.88 Å². The standard InChI is InChI=1S/C10H15N3O/c1-10(14)4-5-13(7-10)9-3-2-8(11)6-12-9/h2-3,6,14H,4-5,7,11H2,1H3. The lowest BCUT2D eigenvalue weighted by Gasteiger charge is -2.19. The minimum absolute atomic E-state index is 0.580. The van der Waals surface area contributed by atoms with Gasteiger partial charge in [0.05, 0.1) is 17.5 Å². The van der Waals surface area contributed by atoms with Crippen molar-refractivity contribution in [3.05, 3.63) is 18.3 Å². The number of nitrogen functional groups attached to an aromatic ring is 1. The van der Waals surface area contributed by atoms with E-state index >= 15 is 0 Å². The lowest BCUT2D eigenvalue weighted by Crippen LogP contribution is -2.29. The zero-order valence-corrected chi connectivity index (χ0v) is 8.27. The molecule has 0 aliphatic carbocycles. The minimum Gasteiger partial charge on any atom is -0.397 e. The molecule has 1 aliphatic heterocycles. The lowest BCUT2D eigenvalue weighted by molar-refractivity contribution is 0.0839. The van der Waals surface area contributed by atoms with E-state index in [1.807, 2.05) is 19.1 Å². The third-order valence-corrected chi connectivity index (χ3v) is 2.55. The van der Waals surface area contributed by atoms with E-state index in [1.54, 1.807) is 6.20 Å². The number of nitrogens with two attached hydrogens (primary N) is 1. The molecule has 0 amide bonds. The van der Waals surface area contributed by atoms with Crippen LogP contribution in [-0.4, -0.2) is 28.8 Å². The Morgan fingerprint density at radius 3 is 2.86 bits per heavy atom. The minimum atomic E-state index is -0.580. The van der Waals surface area contributed by atoms with Crippen molar-refractivity contribution in [2.75, 3.05) is 23.7 Å². The average molecular weight is 193 g/mol. The first-order valence-electron chi connectivity index (χ1n) is 4.76. The third-order valence-electron chi connectivity index (χ3n) is 2.55. The van der Waals surface area contributed by atoms with Crippen LogP contribution in [0.1, 0.15) is 13.3 Å². The summed E-state index contributed by atoms with van der Waals surface area (Å²) in [4.78, 5) is 6.28. The van der Waals surface area contributed by atoms with Crippen LogP contribution >= 0.6 is 0 Å². The summed E-state index contributed by atoms with van der Waals surface area (Å²) in [5.41, 5.74) is 5.63. The van der Waals surface area contributed by atoms with E-state index in [0.29, 0.717) is 12.2 Å². The normalized spacial score (nSPS) is 26.9. The molecule has 1 aromatic rings. The van der Waals surface area contributed by atoms with E-state index in [-0.39, 0.29) is 0 Å². The van der Waals surface area contributed by atoms with E-state index < -0.39 is 5.60 Å². The number of rotatable bonds is 1. The Hall–Kier alpha value is -1.29. The fourth-order valence-electron chi connectivity index (χ4n) is 1.73. The highest BCUT2D eigenvalue weighted by Crippen LogP contribution is 2.24. The van der Waals surface area contributed by atoms with Gasteiger partial charge in [-0.1, -0.05) is 0 Å². The van der Waals surface area contributed by atoms with Crippen molar-refractivity contribution < 1.29 is 5.11 Å². The first-order valence-corrected chi connectivity index (χ1v) is 4.76. The fourth-order valence-corrected chi connectivity index (χ4v) is 1.73. The van der Waals surface area contributed by atoms with Gasteiger partial charge in [0.15, 0.2) is 0 Å². The van der Waals surface area contributed by atoms with Crippen molar-refractivity contribution in [3.63, 3.8) is 0 Å². The van der Waals surface area contributed by atoms with Crippen molar-refractivity contribution in [2.24, 2.45) is 0 Å². The fraction of sp³-hybridized carbons (Fsp3) is 0.500. The Morgan fingerprint density at radius 2 is 2.36 bits per heavy atom. The van der Waals surface area contributed by atoms with Crippen molar-refractivity contribution in [1.29, 1.82) is 0 Å². The van der Waals surface area contributed by atoms with Gasteiger partial charge in [-0.05, 0) is 25.5 Å². The molecule has 1 atom stereocenters. The summed E-state index contributed by atoms with van der Waals surface area (Å²) in [7, 11) is 0. The Kier molecular flexibility index (Phi) is 2.07. The molecule has 2 heterocycles. The molecule has 0 bridgehead atoms. The van der Waals surface area contributed by atoms with E-state index in [4.69, 9.17) is 5.73 Å². The molecule has 76 valence electrons. The second-order valence-corrected chi connectivity index (χ2v) is 4.12. The van der Waals surface area contributed by atoms with Crippen LogP contribution in [0.15, 0.2) is 18.3 Å². The topological polar surface area (TPSA) is 62.4 Å². The number of nitrogens with zero attached hydrogens (tertiary/aromatic N) is 2. The van der Waals surface area contributed by atoms with Gasteiger partial charge >= 0.3 is 0 Å². The van der Waals surface area contributed by atoms with Gasteiger partial charge < -0.3 is 15.7 Å². The number of β-amino-alcohol motifs (C(OH)–C–C–N with tert-alkyl or cyclic N) is 1. The summed E-state index contributed by atoms with van der Waals surface area (Å²) in [5, 5.41) is 9.79. The third kappa shape index (κ3) is 1.80. The molecule has 2 rings (SSSR count). The largest absolute Gasteiger partial charge is 0.397 e. The lowest BCUT2D eigenvalue weighted by atomic mass is 10.1. The number of aliphatic hydroxyl groups is 1. The molecule has 3 N–H and O–H groups in total. The van der Waals surface area contributed by atoms with Crippen LogP contribution in [0.5, 0.6) is 0 Å². The maximum atomic E-state index is 9.79. The van der Waals surface area contributed by atoms with E-state index in [9.17, 15) is 5.11 Å². The van der Waals surface area contributed by atoms with Gasteiger partial charge in [-0.3, -0.25) is 0 Å². The zero-order chi connectivity index (χ0) is 10.2. The molecule has 1 aliphatic rings. The zero-order valence-electron chi connectivity index (χ0n) is 8.27. The van der Waals surface area contributed by atoms with Crippen molar-refractivity contribution >= 4 is 11.5 Å². The summed E-state index contributed by atoms with van der Waals surface area (Å²) >= 11 is 0. The maximum absolute atomic E-state index is 9.79. The van der Waals surface area contributed by atoms with Gasteiger partial charge in [0.1, 0.15) is 5.82 Å². The van der Waals surface area contributed by atoms with Gasteiger partial charge in [-0.25, -0.2) is 4.98 Å². The maximum Gasteiger partial charge on any atom is 0.128 e. The Morgan fingerprint density at radius 1 is 1.57 bits per heavy atom. The van der Waals surface area contributed by atoms with Gasteiger partial charge in [0.25, 0.3) is 0 Å². The number of anilines is 2. The Labute approximate surface area is 83.4 Å².